The van der Waals surface area contributed by atoms with E-state index < -0.39 is 11.7 Å². The van der Waals surface area contributed by atoms with E-state index in [1.165, 1.54) is 23.8 Å². The van der Waals surface area contributed by atoms with Crippen LogP contribution in [0.3, 0.4) is 0 Å². The van der Waals surface area contributed by atoms with Crippen molar-refractivity contribution in [1.29, 1.82) is 0 Å². The van der Waals surface area contributed by atoms with Gasteiger partial charge in [-0.05, 0) is 37.6 Å². The molecule has 0 aliphatic heterocycles. The molecule has 0 atom stereocenters. The molecule has 1 amide bonds. The summed E-state index contributed by atoms with van der Waals surface area (Å²) in [7, 11) is 0. The monoisotopic (exact) mass is 350 g/mol. The van der Waals surface area contributed by atoms with Crippen LogP contribution < -0.4 is 10.6 Å². The van der Waals surface area contributed by atoms with Gasteiger partial charge in [-0.3, -0.25) is 4.79 Å². The Hall–Kier alpha value is -3.28. The predicted molar refractivity (Wildman–Crippen MR) is 99.6 cm³/mol. The summed E-state index contributed by atoms with van der Waals surface area (Å²) >= 11 is 0. The molecule has 1 heterocycles. The fourth-order valence-electron chi connectivity index (χ4n) is 2.55. The number of carbonyl (C=O) groups is 1. The summed E-state index contributed by atoms with van der Waals surface area (Å²) in [5, 5.41) is 5.84. The Morgan fingerprint density at radius 3 is 2.62 bits per heavy atom. The summed E-state index contributed by atoms with van der Waals surface area (Å²) in [6.07, 6.45) is 0. The van der Waals surface area contributed by atoms with Gasteiger partial charge in [-0.25, -0.2) is 14.4 Å². The molecule has 3 aromatic rings. The predicted octanol–water partition coefficient (Wildman–Crippen LogP) is 4.10. The molecule has 0 saturated carbocycles. The highest BCUT2D eigenvalue weighted by molar-refractivity contribution is 6.03. The van der Waals surface area contributed by atoms with Crippen molar-refractivity contribution in [3.8, 4) is 0 Å². The van der Waals surface area contributed by atoms with Gasteiger partial charge in [0.2, 0.25) is 0 Å². The molecule has 0 spiro atoms. The minimum Gasteiger partial charge on any atom is -0.366 e. The number of carbonyl (C=O) groups excluding carboxylic acids is 1. The van der Waals surface area contributed by atoms with Gasteiger partial charge in [-0.1, -0.05) is 35.9 Å². The van der Waals surface area contributed by atoms with Crippen molar-refractivity contribution in [2.45, 2.75) is 20.4 Å². The Morgan fingerprint density at radius 1 is 1.04 bits per heavy atom. The second-order valence-electron chi connectivity index (χ2n) is 5.99. The largest absolute Gasteiger partial charge is 0.366 e. The van der Waals surface area contributed by atoms with Crippen LogP contribution >= 0.6 is 0 Å². The van der Waals surface area contributed by atoms with Gasteiger partial charge in [0.15, 0.2) is 0 Å². The van der Waals surface area contributed by atoms with Crippen molar-refractivity contribution in [3.05, 3.63) is 83.1 Å². The van der Waals surface area contributed by atoms with E-state index in [1.54, 1.807) is 19.1 Å². The van der Waals surface area contributed by atoms with Crippen LogP contribution in [0.2, 0.25) is 0 Å². The molecule has 0 fully saturated rings. The molecule has 0 aliphatic rings. The van der Waals surface area contributed by atoms with Crippen LogP contribution in [0.4, 0.5) is 15.9 Å². The van der Waals surface area contributed by atoms with Crippen molar-refractivity contribution in [2.24, 2.45) is 0 Å². The van der Waals surface area contributed by atoms with Crippen LogP contribution in [0.1, 0.15) is 27.4 Å². The molecule has 0 radical (unpaired) electrons. The summed E-state index contributed by atoms with van der Waals surface area (Å²) in [6.45, 7) is 4.34. The zero-order chi connectivity index (χ0) is 18.5. The molecule has 6 heteroatoms. The second kappa shape index (κ2) is 7.74. The highest BCUT2D eigenvalue weighted by Crippen LogP contribution is 2.13. The fourth-order valence-corrected chi connectivity index (χ4v) is 2.55. The van der Waals surface area contributed by atoms with Crippen molar-refractivity contribution >= 4 is 17.4 Å². The number of aryl methyl sites for hydroxylation is 2. The van der Waals surface area contributed by atoms with Crippen LogP contribution in [0.25, 0.3) is 0 Å². The zero-order valence-electron chi connectivity index (χ0n) is 14.6. The number of nitrogens with zero attached hydrogens (tertiary/aromatic N) is 2. The first-order chi connectivity index (χ1) is 12.5. The minimum atomic E-state index is -0.417. The third-order valence-corrected chi connectivity index (χ3v) is 3.71. The van der Waals surface area contributed by atoms with E-state index in [0.717, 1.165) is 5.56 Å². The number of anilines is 2. The summed E-state index contributed by atoms with van der Waals surface area (Å²) in [6, 6.07) is 15.4. The summed E-state index contributed by atoms with van der Waals surface area (Å²) in [5.41, 5.74) is 2.89. The normalized spacial score (nSPS) is 10.4. The smallest absolute Gasteiger partial charge is 0.274 e. The van der Waals surface area contributed by atoms with Gasteiger partial charge < -0.3 is 10.6 Å². The van der Waals surface area contributed by atoms with E-state index in [4.69, 9.17) is 0 Å². The number of benzene rings is 2. The molecule has 2 N–H and O–H groups in total. The Morgan fingerprint density at radius 2 is 1.85 bits per heavy atom. The van der Waals surface area contributed by atoms with Crippen LogP contribution in [0.15, 0.2) is 54.6 Å². The summed E-state index contributed by atoms with van der Waals surface area (Å²) < 4.78 is 13.3. The molecule has 1 aromatic heterocycles. The van der Waals surface area contributed by atoms with E-state index in [1.807, 2.05) is 25.1 Å². The van der Waals surface area contributed by atoms with Gasteiger partial charge in [-0.2, -0.15) is 0 Å². The van der Waals surface area contributed by atoms with Gasteiger partial charge in [-0.15, -0.1) is 0 Å². The molecule has 132 valence electrons. The lowest BCUT2D eigenvalue weighted by molar-refractivity contribution is 0.102. The average Bonchev–Trinajstić information content (AvgIpc) is 2.59. The lowest BCUT2D eigenvalue weighted by atomic mass is 10.1. The first-order valence-electron chi connectivity index (χ1n) is 8.21. The molecule has 0 bridgehead atoms. The van der Waals surface area contributed by atoms with E-state index in [-0.39, 0.29) is 5.69 Å². The lowest BCUT2D eigenvalue weighted by Crippen LogP contribution is -2.16. The van der Waals surface area contributed by atoms with Crippen molar-refractivity contribution in [1.82, 2.24) is 9.97 Å². The number of aromatic nitrogens is 2. The van der Waals surface area contributed by atoms with Gasteiger partial charge in [0.25, 0.3) is 5.91 Å². The SMILES string of the molecule is Cc1cccc(CNc2cc(C(=O)Nc3cccc(F)c3)nc(C)n2)c1. The van der Waals surface area contributed by atoms with Crippen molar-refractivity contribution in [2.75, 3.05) is 10.6 Å². The Kier molecular flexibility index (Phi) is 5.22. The number of amides is 1. The number of hydrogen-bond donors (Lipinski definition) is 2. The maximum Gasteiger partial charge on any atom is 0.274 e. The maximum absolute atomic E-state index is 13.3. The molecular formula is C20H19FN4O. The second-order valence-corrected chi connectivity index (χ2v) is 5.99. The van der Waals surface area contributed by atoms with Crippen LogP contribution in [0.5, 0.6) is 0 Å². The van der Waals surface area contributed by atoms with E-state index >= 15 is 0 Å². The Labute approximate surface area is 151 Å². The molecular weight excluding hydrogens is 331 g/mol. The molecule has 0 aliphatic carbocycles. The van der Waals surface area contributed by atoms with Gasteiger partial charge >= 0.3 is 0 Å². The van der Waals surface area contributed by atoms with Crippen LogP contribution in [-0.4, -0.2) is 15.9 Å². The highest BCUT2D eigenvalue weighted by Gasteiger charge is 2.11. The molecule has 2 aromatic carbocycles. The maximum atomic E-state index is 13.3. The standard InChI is InChI=1S/C20H19FN4O/c1-13-5-3-6-15(9-13)12-22-19-11-18(23-14(2)24-19)20(26)25-17-8-4-7-16(21)10-17/h3-11H,12H2,1-2H3,(H,25,26)(H,22,23,24). The number of nitrogens with one attached hydrogen (secondary N) is 2. The molecule has 3 rings (SSSR count). The lowest BCUT2D eigenvalue weighted by Gasteiger charge is -2.10. The van der Waals surface area contributed by atoms with Gasteiger partial charge in [0.05, 0.1) is 0 Å². The van der Waals surface area contributed by atoms with Crippen LogP contribution in [-0.2, 0) is 6.54 Å². The zero-order valence-corrected chi connectivity index (χ0v) is 14.6. The quantitative estimate of drug-likeness (QED) is 0.727. The van der Waals surface area contributed by atoms with Crippen LogP contribution in [0, 0.1) is 19.7 Å². The van der Waals surface area contributed by atoms with Gasteiger partial charge in [0, 0.05) is 18.3 Å². The van der Waals surface area contributed by atoms with Gasteiger partial charge in [0.1, 0.15) is 23.2 Å². The van der Waals surface area contributed by atoms with E-state index in [9.17, 15) is 9.18 Å². The topological polar surface area (TPSA) is 66.9 Å². The highest BCUT2D eigenvalue weighted by atomic mass is 19.1. The fraction of sp³-hybridized carbons (Fsp3) is 0.150. The molecule has 5 nitrogen and oxygen atoms in total. The number of halogens is 1. The molecule has 0 saturated heterocycles. The third-order valence-electron chi connectivity index (χ3n) is 3.71. The first kappa shape index (κ1) is 17.5. The first-order valence-corrected chi connectivity index (χ1v) is 8.21. The Bertz CT molecular complexity index is 943. The summed E-state index contributed by atoms with van der Waals surface area (Å²) in [4.78, 5) is 20.9. The van der Waals surface area contributed by atoms with Crippen molar-refractivity contribution < 1.29 is 9.18 Å². The molecule has 26 heavy (non-hydrogen) atoms. The number of hydrogen-bond acceptors (Lipinski definition) is 4. The van der Waals surface area contributed by atoms with E-state index in [2.05, 4.69) is 26.7 Å². The minimum absolute atomic E-state index is 0.216. The van der Waals surface area contributed by atoms with Crippen molar-refractivity contribution in [3.63, 3.8) is 0 Å². The number of rotatable bonds is 5. The molecule has 0 unspecified atom stereocenters. The van der Waals surface area contributed by atoms with E-state index in [0.29, 0.717) is 23.9 Å². The Balaban J connectivity index is 1.73. The average molecular weight is 350 g/mol. The summed E-state index contributed by atoms with van der Waals surface area (Å²) in [5.74, 6) is 0.203. The third kappa shape index (κ3) is 4.63.